The van der Waals surface area contributed by atoms with Gasteiger partial charge in [0.1, 0.15) is 0 Å². The standard InChI is InChI=1S/C10H12Cl2N2O/c1-14(2)13-6-7-4-8(11)10(15-3)9(12)5-7/h4-6H,1-3H3/b13-6+. The number of ether oxygens (including phenoxy) is 1. The third-order valence-corrected chi connectivity index (χ3v) is 2.22. The first-order valence-corrected chi connectivity index (χ1v) is 5.04. The van der Waals surface area contributed by atoms with Gasteiger partial charge >= 0.3 is 0 Å². The summed E-state index contributed by atoms with van der Waals surface area (Å²) in [6.45, 7) is 0. The molecular formula is C10H12Cl2N2O. The summed E-state index contributed by atoms with van der Waals surface area (Å²) < 4.78 is 5.04. The van der Waals surface area contributed by atoms with Crippen molar-refractivity contribution in [1.29, 1.82) is 0 Å². The van der Waals surface area contributed by atoms with Crippen LogP contribution in [0, 0.1) is 0 Å². The molecule has 0 aliphatic rings. The van der Waals surface area contributed by atoms with Gasteiger partial charge in [0.15, 0.2) is 5.75 Å². The molecule has 0 saturated carbocycles. The van der Waals surface area contributed by atoms with Crippen molar-refractivity contribution in [3.8, 4) is 5.75 Å². The highest BCUT2D eigenvalue weighted by Gasteiger charge is 2.07. The zero-order chi connectivity index (χ0) is 11.4. The highest BCUT2D eigenvalue weighted by Crippen LogP contribution is 2.33. The summed E-state index contributed by atoms with van der Waals surface area (Å²) in [5, 5.41) is 6.72. The largest absolute Gasteiger partial charge is 0.494 e. The number of benzene rings is 1. The second kappa shape index (κ2) is 5.24. The van der Waals surface area contributed by atoms with E-state index in [2.05, 4.69) is 5.10 Å². The Balaban J connectivity index is 3.03. The lowest BCUT2D eigenvalue weighted by Crippen LogP contribution is -2.02. The van der Waals surface area contributed by atoms with Crippen LogP contribution in [0.15, 0.2) is 17.2 Å². The quantitative estimate of drug-likeness (QED) is 0.606. The number of nitrogens with zero attached hydrogens (tertiary/aromatic N) is 2. The van der Waals surface area contributed by atoms with Gasteiger partial charge in [-0.15, -0.1) is 0 Å². The minimum absolute atomic E-state index is 0.477. The Morgan fingerprint density at radius 1 is 1.27 bits per heavy atom. The van der Waals surface area contributed by atoms with Crippen molar-refractivity contribution in [3.63, 3.8) is 0 Å². The van der Waals surface area contributed by atoms with Crippen LogP contribution in [-0.4, -0.2) is 32.4 Å². The van der Waals surface area contributed by atoms with Gasteiger partial charge in [0.05, 0.1) is 23.4 Å². The van der Waals surface area contributed by atoms with E-state index in [1.807, 2.05) is 14.1 Å². The molecule has 0 radical (unpaired) electrons. The van der Waals surface area contributed by atoms with E-state index in [0.717, 1.165) is 5.56 Å². The molecule has 0 spiro atoms. The molecule has 0 saturated heterocycles. The molecule has 0 amide bonds. The molecule has 82 valence electrons. The Kier molecular flexibility index (Phi) is 4.24. The summed E-state index contributed by atoms with van der Waals surface area (Å²) in [6.07, 6.45) is 1.68. The van der Waals surface area contributed by atoms with Crippen LogP contribution in [0.5, 0.6) is 5.75 Å². The summed E-state index contributed by atoms with van der Waals surface area (Å²) >= 11 is 11.9. The van der Waals surface area contributed by atoms with E-state index in [9.17, 15) is 0 Å². The van der Waals surface area contributed by atoms with Crippen LogP contribution in [0.25, 0.3) is 0 Å². The molecule has 1 rings (SSSR count). The van der Waals surface area contributed by atoms with Crippen molar-refractivity contribution in [2.24, 2.45) is 5.10 Å². The Bertz CT molecular complexity index is 355. The minimum Gasteiger partial charge on any atom is -0.494 e. The minimum atomic E-state index is 0.477. The SMILES string of the molecule is COc1c(Cl)cc(/C=N/N(C)C)cc1Cl. The average molecular weight is 247 g/mol. The van der Waals surface area contributed by atoms with E-state index in [1.165, 1.54) is 7.11 Å². The maximum atomic E-state index is 5.97. The topological polar surface area (TPSA) is 24.8 Å². The highest BCUT2D eigenvalue weighted by molar-refractivity contribution is 6.37. The fraction of sp³-hybridized carbons (Fsp3) is 0.300. The zero-order valence-corrected chi connectivity index (χ0v) is 10.3. The van der Waals surface area contributed by atoms with Crippen molar-refractivity contribution < 1.29 is 4.74 Å². The van der Waals surface area contributed by atoms with Crippen LogP contribution in [0.1, 0.15) is 5.56 Å². The third kappa shape index (κ3) is 3.29. The molecule has 1 aromatic rings. The molecule has 0 fully saturated rings. The van der Waals surface area contributed by atoms with Gasteiger partial charge in [0.25, 0.3) is 0 Å². The molecule has 15 heavy (non-hydrogen) atoms. The molecule has 0 aromatic heterocycles. The van der Waals surface area contributed by atoms with E-state index in [-0.39, 0.29) is 0 Å². The predicted molar refractivity (Wildman–Crippen MR) is 64.3 cm³/mol. The van der Waals surface area contributed by atoms with E-state index in [0.29, 0.717) is 15.8 Å². The summed E-state index contributed by atoms with van der Waals surface area (Å²) in [6, 6.07) is 3.50. The van der Waals surface area contributed by atoms with Crippen LogP contribution in [0.3, 0.4) is 0 Å². The maximum Gasteiger partial charge on any atom is 0.156 e. The molecule has 0 aliphatic heterocycles. The smallest absolute Gasteiger partial charge is 0.156 e. The molecule has 0 N–H and O–H groups in total. The maximum absolute atomic E-state index is 5.97. The van der Waals surface area contributed by atoms with Crippen molar-refractivity contribution in [2.45, 2.75) is 0 Å². The normalized spacial score (nSPS) is 10.7. The molecule has 0 atom stereocenters. The highest BCUT2D eigenvalue weighted by atomic mass is 35.5. The molecule has 0 unspecified atom stereocenters. The van der Waals surface area contributed by atoms with Gasteiger partial charge in [-0.05, 0) is 17.7 Å². The first-order valence-electron chi connectivity index (χ1n) is 4.29. The zero-order valence-electron chi connectivity index (χ0n) is 8.79. The van der Waals surface area contributed by atoms with Gasteiger partial charge in [-0.25, -0.2) is 0 Å². The lowest BCUT2D eigenvalue weighted by atomic mass is 10.2. The monoisotopic (exact) mass is 246 g/mol. The van der Waals surface area contributed by atoms with Crippen molar-refractivity contribution in [3.05, 3.63) is 27.7 Å². The number of methoxy groups -OCH3 is 1. The van der Waals surface area contributed by atoms with Gasteiger partial charge in [0.2, 0.25) is 0 Å². The average Bonchev–Trinajstić information content (AvgIpc) is 2.14. The lowest BCUT2D eigenvalue weighted by Gasteiger charge is -2.07. The second-order valence-corrected chi connectivity index (χ2v) is 3.92. The van der Waals surface area contributed by atoms with Crippen LogP contribution in [0.4, 0.5) is 0 Å². The van der Waals surface area contributed by atoms with Crippen LogP contribution < -0.4 is 4.74 Å². The Morgan fingerprint density at radius 2 is 1.80 bits per heavy atom. The first-order chi connectivity index (χ1) is 7.04. The van der Waals surface area contributed by atoms with Gasteiger partial charge < -0.3 is 9.75 Å². The van der Waals surface area contributed by atoms with E-state index in [4.69, 9.17) is 27.9 Å². The van der Waals surface area contributed by atoms with Crippen LogP contribution in [-0.2, 0) is 0 Å². The van der Waals surface area contributed by atoms with Crippen molar-refractivity contribution in [1.82, 2.24) is 5.01 Å². The molecule has 0 aliphatic carbocycles. The van der Waals surface area contributed by atoms with Gasteiger partial charge in [-0.1, -0.05) is 23.2 Å². The summed E-state index contributed by atoms with van der Waals surface area (Å²) in [5.41, 5.74) is 0.833. The fourth-order valence-corrected chi connectivity index (χ4v) is 1.69. The van der Waals surface area contributed by atoms with Crippen molar-refractivity contribution in [2.75, 3.05) is 21.2 Å². The van der Waals surface area contributed by atoms with E-state index in [1.54, 1.807) is 23.4 Å². The molecule has 3 nitrogen and oxygen atoms in total. The first kappa shape index (κ1) is 12.1. The Labute approximate surface area is 99.2 Å². The Morgan fingerprint density at radius 3 is 2.20 bits per heavy atom. The number of hydrogen-bond donors (Lipinski definition) is 0. The number of rotatable bonds is 3. The molecule has 0 bridgehead atoms. The van der Waals surface area contributed by atoms with Gasteiger partial charge in [-0.2, -0.15) is 5.10 Å². The third-order valence-electron chi connectivity index (χ3n) is 1.66. The summed E-state index contributed by atoms with van der Waals surface area (Å²) in [4.78, 5) is 0. The Hall–Kier alpha value is -0.930. The fourth-order valence-electron chi connectivity index (χ4n) is 1.03. The van der Waals surface area contributed by atoms with Crippen molar-refractivity contribution >= 4 is 29.4 Å². The molecular weight excluding hydrogens is 235 g/mol. The summed E-state index contributed by atoms with van der Waals surface area (Å²) in [5.74, 6) is 0.486. The van der Waals surface area contributed by atoms with E-state index < -0.39 is 0 Å². The molecule has 5 heteroatoms. The van der Waals surface area contributed by atoms with Gasteiger partial charge in [-0.3, -0.25) is 0 Å². The molecule has 1 aromatic carbocycles. The van der Waals surface area contributed by atoms with Crippen LogP contribution >= 0.6 is 23.2 Å². The van der Waals surface area contributed by atoms with E-state index >= 15 is 0 Å². The van der Waals surface area contributed by atoms with Crippen LogP contribution in [0.2, 0.25) is 10.0 Å². The number of halogens is 2. The number of hydrogen-bond acceptors (Lipinski definition) is 3. The summed E-state index contributed by atoms with van der Waals surface area (Å²) in [7, 11) is 5.20. The second-order valence-electron chi connectivity index (χ2n) is 3.11. The number of hydrazone groups is 1. The van der Waals surface area contributed by atoms with Gasteiger partial charge in [0, 0.05) is 14.1 Å². The molecule has 0 heterocycles. The lowest BCUT2D eigenvalue weighted by molar-refractivity contribution is 0.415. The predicted octanol–water partition coefficient (Wildman–Crippen LogP) is 2.90.